The smallest absolute Gasteiger partial charge is 0.143 e. The molecule has 2 unspecified atom stereocenters. The van der Waals surface area contributed by atoms with Crippen molar-refractivity contribution in [3.8, 4) is 11.4 Å². The summed E-state index contributed by atoms with van der Waals surface area (Å²) in [7, 11) is 1.70. The second kappa shape index (κ2) is 7.18. The molecule has 2 aromatic carbocycles. The van der Waals surface area contributed by atoms with Gasteiger partial charge < -0.3 is 9.30 Å². The van der Waals surface area contributed by atoms with E-state index in [2.05, 4.69) is 70.6 Å². The Kier molecular flexibility index (Phi) is 4.59. The van der Waals surface area contributed by atoms with Crippen LogP contribution in [0.3, 0.4) is 0 Å². The van der Waals surface area contributed by atoms with E-state index < -0.39 is 0 Å². The van der Waals surface area contributed by atoms with Crippen LogP contribution in [0.5, 0.6) is 5.75 Å². The average molecular weight is 345 g/mol. The third-order valence-corrected chi connectivity index (χ3v) is 4.74. The zero-order valence-corrected chi connectivity index (χ0v) is 15.2. The standard InChI is InChI=1S/C22H23N3O/c1-17-14-25(16-23-17)20-11-10-18(13-22(20)26-2)7-6-12-24-15-21(24)19-8-4-3-5-9-19/h3-11,13-14,16,21H,12,15H2,1-2H3/b7-6+. The van der Waals surface area contributed by atoms with Crippen LogP contribution in [0.25, 0.3) is 11.8 Å². The Bertz CT molecular complexity index is 914. The summed E-state index contributed by atoms with van der Waals surface area (Å²) < 4.78 is 7.56. The topological polar surface area (TPSA) is 30.1 Å². The average Bonchev–Trinajstić information content (AvgIpc) is 3.33. The van der Waals surface area contributed by atoms with Crippen LogP contribution in [0.1, 0.15) is 22.9 Å². The second-order valence-corrected chi connectivity index (χ2v) is 6.64. The number of aryl methyl sites for hydroxylation is 1. The van der Waals surface area contributed by atoms with Gasteiger partial charge >= 0.3 is 0 Å². The van der Waals surface area contributed by atoms with Crippen molar-refractivity contribution in [2.24, 2.45) is 0 Å². The first kappa shape index (κ1) is 16.6. The SMILES string of the molecule is COc1cc(/C=C/CN2CC2c2ccccc2)ccc1-n1cnc(C)c1. The van der Waals surface area contributed by atoms with Crippen LogP contribution in [0.15, 0.2) is 67.1 Å². The van der Waals surface area contributed by atoms with E-state index in [0.29, 0.717) is 6.04 Å². The van der Waals surface area contributed by atoms with Gasteiger partial charge in [0.05, 0.1) is 24.8 Å². The van der Waals surface area contributed by atoms with E-state index in [1.54, 1.807) is 7.11 Å². The molecule has 132 valence electrons. The molecule has 26 heavy (non-hydrogen) atoms. The van der Waals surface area contributed by atoms with E-state index in [1.807, 2.05) is 24.0 Å². The minimum atomic E-state index is 0.572. The number of hydrogen-bond donors (Lipinski definition) is 0. The third kappa shape index (κ3) is 3.55. The number of ether oxygens (including phenoxy) is 1. The normalized spacial score (nSPS) is 19.0. The van der Waals surface area contributed by atoms with Crippen molar-refractivity contribution in [2.45, 2.75) is 13.0 Å². The molecule has 4 nitrogen and oxygen atoms in total. The molecule has 0 amide bonds. The number of aromatic nitrogens is 2. The first-order chi connectivity index (χ1) is 12.7. The summed E-state index contributed by atoms with van der Waals surface area (Å²) in [5, 5.41) is 0. The highest BCUT2D eigenvalue weighted by atomic mass is 16.5. The Balaban J connectivity index is 1.42. The molecular formula is C22H23N3O. The Hall–Kier alpha value is -2.85. The Labute approximate surface area is 154 Å². The lowest BCUT2D eigenvalue weighted by atomic mass is 10.1. The van der Waals surface area contributed by atoms with Gasteiger partial charge in [-0.3, -0.25) is 4.90 Å². The van der Waals surface area contributed by atoms with Crippen molar-refractivity contribution >= 4 is 6.08 Å². The summed E-state index contributed by atoms with van der Waals surface area (Å²) in [6.45, 7) is 4.08. The summed E-state index contributed by atoms with van der Waals surface area (Å²) in [6, 6.07) is 17.5. The molecule has 1 saturated heterocycles. The highest BCUT2D eigenvalue weighted by Crippen LogP contribution is 2.34. The predicted molar refractivity (Wildman–Crippen MR) is 105 cm³/mol. The van der Waals surface area contributed by atoms with Crippen molar-refractivity contribution < 1.29 is 4.74 Å². The first-order valence-electron chi connectivity index (χ1n) is 8.89. The van der Waals surface area contributed by atoms with Crippen molar-refractivity contribution in [1.29, 1.82) is 0 Å². The van der Waals surface area contributed by atoms with Crippen LogP contribution in [-0.2, 0) is 0 Å². The molecule has 0 N–H and O–H groups in total. The van der Waals surface area contributed by atoms with Gasteiger partial charge in [0.1, 0.15) is 5.75 Å². The van der Waals surface area contributed by atoms with Crippen LogP contribution in [-0.4, -0.2) is 34.7 Å². The van der Waals surface area contributed by atoms with E-state index >= 15 is 0 Å². The second-order valence-electron chi connectivity index (χ2n) is 6.64. The molecule has 1 fully saturated rings. The fourth-order valence-electron chi connectivity index (χ4n) is 3.26. The molecule has 3 aromatic rings. The number of nitrogens with zero attached hydrogens (tertiary/aromatic N) is 3. The van der Waals surface area contributed by atoms with E-state index in [1.165, 1.54) is 5.56 Å². The van der Waals surface area contributed by atoms with Crippen LogP contribution < -0.4 is 4.74 Å². The molecule has 1 aromatic heterocycles. The summed E-state index contributed by atoms with van der Waals surface area (Å²) in [4.78, 5) is 6.74. The lowest BCUT2D eigenvalue weighted by molar-refractivity contribution is 0.413. The summed E-state index contributed by atoms with van der Waals surface area (Å²) in [5.41, 5.74) is 4.53. The van der Waals surface area contributed by atoms with Gasteiger partial charge in [-0.15, -0.1) is 0 Å². The lowest BCUT2D eigenvalue weighted by Crippen LogP contribution is -1.98. The number of hydrogen-bond acceptors (Lipinski definition) is 3. The number of benzene rings is 2. The molecule has 1 aliphatic rings. The Morgan fingerprint density at radius 3 is 2.77 bits per heavy atom. The van der Waals surface area contributed by atoms with E-state index in [0.717, 1.165) is 35.8 Å². The third-order valence-electron chi connectivity index (χ3n) is 4.74. The first-order valence-corrected chi connectivity index (χ1v) is 8.89. The van der Waals surface area contributed by atoms with Crippen molar-refractivity contribution in [2.75, 3.05) is 20.2 Å². The van der Waals surface area contributed by atoms with Crippen LogP contribution in [0.2, 0.25) is 0 Å². The fourth-order valence-corrected chi connectivity index (χ4v) is 3.26. The number of methoxy groups -OCH3 is 1. The van der Waals surface area contributed by atoms with Crippen LogP contribution >= 0.6 is 0 Å². The van der Waals surface area contributed by atoms with Gasteiger partial charge in [0, 0.05) is 25.3 Å². The Morgan fingerprint density at radius 2 is 2.04 bits per heavy atom. The van der Waals surface area contributed by atoms with E-state index in [9.17, 15) is 0 Å². The molecule has 1 aliphatic heterocycles. The maximum atomic E-state index is 5.57. The van der Waals surface area contributed by atoms with Gasteiger partial charge in [-0.25, -0.2) is 4.98 Å². The summed E-state index contributed by atoms with van der Waals surface area (Å²) >= 11 is 0. The van der Waals surface area contributed by atoms with Crippen LogP contribution in [0, 0.1) is 6.92 Å². The molecule has 0 bridgehead atoms. The molecule has 4 heteroatoms. The van der Waals surface area contributed by atoms with Crippen molar-refractivity contribution in [3.05, 3.63) is 84.0 Å². The summed E-state index contributed by atoms with van der Waals surface area (Å²) in [5.74, 6) is 0.846. The number of rotatable bonds is 6. The van der Waals surface area contributed by atoms with Gasteiger partial charge in [-0.2, -0.15) is 0 Å². The zero-order chi connectivity index (χ0) is 17.9. The highest BCUT2D eigenvalue weighted by Gasteiger charge is 2.33. The van der Waals surface area contributed by atoms with E-state index in [4.69, 9.17) is 4.74 Å². The molecule has 2 atom stereocenters. The molecule has 0 aliphatic carbocycles. The van der Waals surface area contributed by atoms with Gasteiger partial charge in [-0.1, -0.05) is 48.6 Å². The maximum Gasteiger partial charge on any atom is 0.143 e. The molecule has 4 rings (SSSR count). The zero-order valence-electron chi connectivity index (χ0n) is 15.2. The van der Waals surface area contributed by atoms with Gasteiger partial charge in [0.15, 0.2) is 0 Å². The van der Waals surface area contributed by atoms with Crippen molar-refractivity contribution in [3.63, 3.8) is 0 Å². The van der Waals surface area contributed by atoms with Gasteiger partial charge in [0.25, 0.3) is 0 Å². The molecule has 2 heterocycles. The molecule has 0 spiro atoms. The minimum absolute atomic E-state index is 0.572. The maximum absolute atomic E-state index is 5.57. The quantitative estimate of drug-likeness (QED) is 0.625. The minimum Gasteiger partial charge on any atom is -0.495 e. The van der Waals surface area contributed by atoms with E-state index in [-0.39, 0.29) is 0 Å². The van der Waals surface area contributed by atoms with Gasteiger partial charge in [0.2, 0.25) is 0 Å². The van der Waals surface area contributed by atoms with Gasteiger partial charge in [-0.05, 0) is 30.2 Å². The fraction of sp³-hybridized carbons (Fsp3) is 0.227. The molecule has 0 saturated carbocycles. The van der Waals surface area contributed by atoms with Crippen LogP contribution in [0.4, 0.5) is 0 Å². The molecule has 0 radical (unpaired) electrons. The monoisotopic (exact) mass is 345 g/mol. The lowest BCUT2D eigenvalue weighted by Gasteiger charge is -2.10. The Morgan fingerprint density at radius 1 is 1.19 bits per heavy atom. The predicted octanol–water partition coefficient (Wildman–Crippen LogP) is 4.26. The van der Waals surface area contributed by atoms with Crippen molar-refractivity contribution in [1.82, 2.24) is 14.5 Å². The highest BCUT2D eigenvalue weighted by molar-refractivity contribution is 5.58. The number of imidazole rings is 1. The summed E-state index contributed by atoms with van der Waals surface area (Å²) in [6.07, 6.45) is 8.19. The molecular weight excluding hydrogens is 322 g/mol. The largest absolute Gasteiger partial charge is 0.495 e.